The third-order valence-corrected chi connectivity index (χ3v) is 12.4. The summed E-state index contributed by atoms with van der Waals surface area (Å²) < 4.78 is 46.0. The van der Waals surface area contributed by atoms with Gasteiger partial charge in [0.1, 0.15) is 24.0 Å². The van der Waals surface area contributed by atoms with Gasteiger partial charge in [-0.25, -0.2) is 4.79 Å². The Balaban J connectivity index is 0.00000108. The van der Waals surface area contributed by atoms with Gasteiger partial charge in [-0.1, -0.05) is 67.1 Å². The van der Waals surface area contributed by atoms with E-state index in [0.717, 1.165) is 74.0 Å². The molecule has 6 rings (SSSR count). The Bertz CT molecular complexity index is 2450. The highest BCUT2D eigenvalue weighted by Gasteiger charge is 2.44. The number of carboxylic acid groups (broad SMARTS) is 1. The lowest BCUT2D eigenvalue weighted by Gasteiger charge is -2.26. The molecule has 0 saturated carbocycles. The molecule has 0 spiro atoms. The Labute approximate surface area is 388 Å². The van der Waals surface area contributed by atoms with Crippen LogP contribution in [0.2, 0.25) is 0 Å². The van der Waals surface area contributed by atoms with Crippen LogP contribution in [-0.2, 0) is 30.0 Å². The van der Waals surface area contributed by atoms with Crippen molar-refractivity contribution in [3.8, 4) is 5.75 Å². The molecule has 1 atom stereocenters. The predicted molar refractivity (Wildman–Crippen MR) is 252 cm³/mol. The number of aryl methyl sites for hydroxylation is 2. The second-order valence-electron chi connectivity index (χ2n) is 18.3. The molecule has 0 amide bonds. The molecule has 1 aliphatic carbocycles. The lowest BCUT2D eigenvalue weighted by atomic mass is 9.81. The molecule has 0 fully saturated rings. The number of rotatable bonds is 15. The van der Waals surface area contributed by atoms with Gasteiger partial charge >= 0.3 is 18.1 Å². The molecule has 0 radical (unpaired) electrons. The number of halogens is 3. The quantitative estimate of drug-likeness (QED) is 0.0371. The number of carbonyl (C=O) groups is 3. The third-order valence-electron chi connectivity index (χ3n) is 12.4. The monoisotopic (exact) mass is 907 g/mol. The Morgan fingerprint density at radius 2 is 1.55 bits per heavy atom. The summed E-state index contributed by atoms with van der Waals surface area (Å²) in [6.07, 6.45) is 10.4. The first-order valence-corrected chi connectivity index (χ1v) is 22.8. The van der Waals surface area contributed by atoms with E-state index in [2.05, 4.69) is 117 Å². The Morgan fingerprint density at radius 1 is 0.894 bits per heavy atom. The number of allylic oxidation sites excluding steroid dienone is 4. The highest BCUT2D eigenvalue weighted by atomic mass is 19.4. The summed E-state index contributed by atoms with van der Waals surface area (Å²) in [7, 11) is 3.96. The molecule has 0 aromatic heterocycles. The molecule has 352 valence electrons. The summed E-state index contributed by atoms with van der Waals surface area (Å²) >= 11 is 0. The topological polar surface area (TPSA) is 102 Å². The average molecular weight is 908 g/mol. The zero-order valence-electron chi connectivity index (χ0n) is 39.8. The van der Waals surface area contributed by atoms with E-state index in [0.29, 0.717) is 24.5 Å². The first-order valence-electron chi connectivity index (χ1n) is 22.8. The number of aliphatic carboxylic acids is 1. The number of unbranched alkanes of at least 4 members (excludes halogenated alkanes) is 2. The van der Waals surface area contributed by atoms with Gasteiger partial charge in [0.05, 0.1) is 11.1 Å². The van der Waals surface area contributed by atoms with E-state index in [1.54, 1.807) is 6.08 Å². The molecule has 12 heteroatoms. The van der Waals surface area contributed by atoms with Crippen LogP contribution in [0.5, 0.6) is 5.75 Å². The summed E-state index contributed by atoms with van der Waals surface area (Å²) in [6.45, 7) is 17.6. The molecule has 1 unspecified atom stereocenters. The summed E-state index contributed by atoms with van der Waals surface area (Å²) in [6, 6.07) is 23.2. The lowest BCUT2D eigenvalue weighted by molar-refractivity contribution is -0.433. The second-order valence-corrected chi connectivity index (χ2v) is 18.3. The zero-order chi connectivity index (χ0) is 48.4. The van der Waals surface area contributed by atoms with Crippen LogP contribution in [0.1, 0.15) is 102 Å². The largest absolute Gasteiger partial charge is 0.542 e. The minimum Gasteiger partial charge on any atom is -0.542 e. The van der Waals surface area contributed by atoms with Crippen molar-refractivity contribution in [3.05, 3.63) is 142 Å². The van der Waals surface area contributed by atoms with E-state index >= 15 is 0 Å². The van der Waals surface area contributed by atoms with Gasteiger partial charge in [0, 0.05) is 60.3 Å². The molecule has 0 N–H and O–H groups in total. The van der Waals surface area contributed by atoms with Gasteiger partial charge in [-0.3, -0.25) is 4.79 Å². The van der Waals surface area contributed by atoms with Crippen LogP contribution in [0.15, 0.2) is 120 Å². The summed E-state index contributed by atoms with van der Waals surface area (Å²) in [4.78, 5) is 39.4. The number of para-hydroxylation sites is 3. The van der Waals surface area contributed by atoms with E-state index < -0.39 is 12.1 Å². The molecule has 2 heterocycles. The molecule has 66 heavy (non-hydrogen) atoms. The van der Waals surface area contributed by atoms with Gasteiger partial charge < -0.3 is 29.2 Å². The van der Waals surface area contributed by atoms with Crippen molar-refractivity contribution in [2.45, 2.75) is 110 Å². The van der Waals surface area contributed by atoms with Crippen LogP contribution >= 0.6 is 0 Å². The number of ether oxygens (including phenoxy) is 2. The SMILES string of the molecule is CC[N+]1=C(/C=C/C2=C(OC(=O)/C=C/CN(C)C)C(C=C=C3N(CCCCCC(=O)Oc4c(C)cccc4C)c4ccccc4C3(C)C)CCC2)C(C)(C)c2ccccc21.O=C([O-])C(F)(F)F. The van der Waals surface area contributed by atoms with E-state index in [4.69, 9.17) is 19.4 Å². The summed E-state index contributed by atoms with van der Waals surface area (Å²) in [5.41, 5.74) is 13.8. The second kappa shape index (κ2) is 22.0. The molecule has 0 bridgehead atoms. The number of esters is 2. The Morgan fingerprint density at radius 3 is 2.20 bits per heavy atom. The van der Waals surface area contributed by atoms with Crippen molar-refractivity contribution in [1.82, 2.24) is 4.90 Å². The van der Waals surface area contributed by atoms with Gasteiger partial charge in [0.2, 0.25) is 5.69 Å². The first-order chi connectivity index (χ1) is 31.2. The van der Waals surface area contributed by atoms with Crippen molar-refractivity contribution in [2.75, 3.05) is 38.6 Å². The number of alkyl halides is 3. The van der Waals surface area contributed by atoms with Gasteiger partial charge in [0.25, 0.3) is 0 Å². The molecule has 3 aromatic carbocycles. The minimum absolute atomic E-state index is 0.118. The van der Waals surface area contributed by atoms with E-state index in [9.17, 15) is 22.8 Å². The number of nitrogens with zero attached hydrogens (tertiary/aromatic N) is 3. The van der Waals surface area contributed by atoms with Crippen LogP contribution in [0.3, 0.4) is 0 Å². The van der Waals surface area contributed by atoms with Crippen LogP contribution in [0, 0.1) is 19.8 Å². The number of hydrogen-bond donors (Lipinski definition) is 0. The maximum atomic E-state index is 13.4. The minimum atomic E-state index is -5.19. The smallest absolute Gasteiger partial charge is 0.430 e. The maximum Gasteiger partial charge on any atom is 0.430 e. The highest BCUT2D eigenvalue weighted by Crippen LogP contribution is 2.48. The molecule has 3 aliphatic rings. The Hall–Kier alpha value is -5.97. The number of carbonyl (C=O) groups excluding carboxylic acids is 3. The number of fused-ring (bicyclic) bond motifs is 2. The fourth-order valence-electron chi connectivity index (χ4n) is 8.97. The van der Waals surface area contributed by atoms with Gasteiger partial charge in [-0.15, -0.1) is 5.73 Å². The fraction of sp³-hybridized carbons (Fsp3) is 0.426. The van der Waals surface area contributed by atoms with Gasteiger partial charge in [-0.2, -0.15) is 17.7 Å². The molecule has 2 aliphatic heterocycles. The summed E-state index contributed by atoms with van der Waals surface area (Å²) in [5, 5.41) is 8.78. The van der Waals surface area contributed by atoms with E-state index in [1.807, 2.05) is 57.1 Å². The van der Waals surface area contributed by atoms with Crippen LogP contribution in [0.4, 0.5) is 24.5 Å². The number of hydrogen-bond acceptors (Lipinski definition) is 8. The number of benzene rings is 3. The highest BCUT2D eigenvalue weighted by molar-refractivity contribution is 6.03. The van der Waals surface area contributed by atoms with Crippen molar-refractivity contribution < 1.29 is 46.7 Å². The van der Waals surface area contributed by atoms with Crippen LogP contribution < -0.4 is 14.7 Å². The van der Waals surface area contributed by atoms with Gasteiger partial charge in [0.15, 0.2) is 5.71 Å². The van der Waals surface area contributed by atoms with Crippen molar-refractivity contribution in [2.24, 2.45) is 5.92 Å². The van der Waals surface area contributed by atoms with Crippen molar-refractivity contribution >= 4 is 35.0 Å². The number of likely N-dealkylation sites (N-methyl/N-ethyl adjacent to an activating group) is 1. The standard InChI is InChI=1S/C52H64N3O4.C2HF3O2/c1-10-54-43-27-15-13-25-41(43)51(4,5)45(54)33-31-39-23-19-24-40(50(39)59-48(57)30-20-35-53(8)9)32-34-46-52(6,7)42-26-14-16-28-44(42)55(46)36-17-11-12-29-47(56)58-49-37(2)21-18-22-38(49)3;3-2(4,5)1(6)7/h13-16,18,20-22,25-28,30-33,40H,10-12,17,19,23-24,29,35-36H2,1-9H3;(H,6,7)/q+1;/p-1/b30-20+,33-31+;. The molecule has 0 saturated heterocycles. The molecular formula is C54H64F3N3O6. The Kier molecular flexibility index (Phi) is 17.0. The first kappa shape index (κ1) is 51.0. The maximum absolute atomic E-state index is 13.4. The van der Waals surface area contributed by atoms with E-state index in [-0.39, 0.29) is 28.7 Å². The van der Waals surface area contributed by atoms with Gasteiger partial charge in [-0.05, 0) is 135 Å². The van der Waals surface area contributed by atoms with E-state index in [1.165, 1.54) is 28.2 Å². The average Bonchev–Trinajstić information content (AvgIpc) is 3.61. The molecule has 9 nitrogen and oxygen atoms in total. The van der Waals surface area contributed by atoms with Crippen molar-refractivity contribution in [1.29, 1.82) is 0 Å². The van der Waals surface area contributed by atoms with Crippen LogP contribution in [0.25, 0.3) is 0 Å². The fourth-order valence-corrected chi connectivity index (χ4v) is 8.97. The number of carboxylic acids is 1. The lowest BCUT2D eigenvalue weighted by Crippen LogP contribution is -2.37. The third kappa shape index (κ3) is 12.3. The zero-order valence-corrected chi connectivity index (χ0v) is 39.8. The number of anilines is 1. The summed E-state index contributed by atoms with van der Waals surface area (Å²) in [5.74, 6) is -2.28. The van der Waals surface area contributed by atoms with Crippen molar-refractivity contribution in [3.63, 3.8) is 0 Å². The normalized spacial score (nSPS) is 17.4. The predicted octanol–water partition coefficient (Wildman–Crippen LogP) is 10.3. The van der Waals surface area contributed by atoms with Crippen LogP contribution in [-0.4, -0.2) is 73.0 Å². The molecule has 3 aromatic rings. The molecular weight excluding hydrogens is 844 g/mol.